The summed E-state index contributed by atoms with van der Waals surface area (Å²) >= 11 is 0. The highest BCUT2D eigenvalue weighted by atomic mass is 14.7. The van der Waals surface area contributed by atoms with Gasteiger partial charge in [-0.15, -0.1) is 0 Å². The maximum Gasteiger partial charge on any atom is 0.0715 e. The quantitative estimate of drug-likeness (QED) is 0.181. The fraction of sp³-hybridized carbons (Fsp3) is 0.130. The average Bonchev–Trinajstić information content (AvgIpc) is 3.19. The van der Waals surface area contributed by atoms with Gasteiger partial charge in [-0.25, -0.2) is 4.98 Å². The lowest BCUT2D eigenvalue weighted by Gasteiger charge is -2.25. The summed E-state index contributed by atoms with van der Waals surface area (Å²) in [7, 11) is 0. The predicted molar refractivity (Wildman–Crippen MR) is 201 cm³/mol. The maximum absolute atomic E-state index is 5.29. The molecule has 2 heterocycles. The number of benzene rings is 3. The molecule has 5 aromatic rings. The van der Waals surface area contributed by atoms with Crippen LogP contribution in [0.2, 0.25) is 0 Å². The standard InChI is InChI=1S/C46H38N2/c1-6-16-33(17-7-1)38-26-39(41-29-43(34-18-8-2-9-19-34)47-44(30-41)35-20-10-3-11-21-35)28-40(27-38)42-31-45(36-22-12-4-13-23-36)48-46(32-42)37-24-14-5-15-25-37/h1-14,16-22,24,26,28-32,36,40H,15,23,25,27H2. The molecule has 2 nitrogen and oxygen atoms in total. The fourth-order valence-corrected chi connectivity index (χ4v) is 7.02. The summed E-state index contributed by atoms with van der Waals surface area (Å²) in [6.07, 6.45) is 24.4. The van der Waals surface area contributed by atoms with E-state index in [2.05, 4.69) is 170 Å². The van der Waals surface area contributed by atoms with Crippen molar-refractivity contribution < 1.29 is 0 Å². The Labute approximate surface area is 284 Å². The van der Waals surface area contributed by atoms with E-state index in [0.29, 0.717) is 0 Å². The molecule has 0 saturated heterocycles. The first-order chi connectivity index (χ1) is 23.8. The van der Waals surface area contributed by atoms with Crippen molar-refractivity contribution in [1.29, 1.82) is 0 Å². The van der Waals surface area contributed by atoms with Crippen LogP contribution in [0.3, 0.4) is 0 Å². The van der Waals surface area contributed by atoms with Crippen molar-refractivity contribution in [3.8, 4) is 22.5 Å². The summed E-state index contributed by atoms with van der Waals surface area (Å²) in [5.41, 5.74) is 14.1. The number of nitrogens with zero attached hydrogens (tertiary/aromatic N) is 2. The molecule has 2 aromatic heterocycles. The van der Waals surface area contributed by atoms with Crippen molar-refractivity contribution in [2.24, 2.45) is 0 Å². The zero-order valence-corrected chi connectivity index (χ0v) is 27.0. The second kappa shape index (κ2) is 13.6. The summed E-state index contributed by atoms with van der Waals surface area (Å²) in [6.45, 7) is 0. The Morgan fingerprint density at radius 3 is 1.85 bits per heavy atom. The molecule has 2 unspecified atom stereocenters. The monoisotopic (exact) mass is 618 g/mol. The molecule has 0 saturated carbocycles. The van der Waals surface area contributed by atoms with Crippen LogP contribution in [0.25, 0.3) is 39.2 Å². The van der Waals surface area contributed by atoms with Gasteiger partial charge in [-0.2, -0.15) is 0 Å². The first-order valence-corrected chi connectivity index (χ1v) is 17.1. The summed E-state index contributed by atoms with van der Waals surface area (Å²) in [6, 6.07) is 41.2. The minimum Gasteiger partial charge on any atom is -0.253 e. The van der Waals surface area contributed by atoms with Gasteiger partial charge in [0.15, 0.2) is 0 Å². The van der Waals surface area contributed by atoms with E-state index in [9.17, 15) is 0 Å². The lowest BCUT2D eigenvalue weighted by atomic mass is 9.80. The number of hydrogen-bond donors (Lipinski definition) is 0. The number of aromatic nitrogens is 2. The van der Waals surface area contributed by atoms with E-state index in [4.69, 9.17) is 9.97 Å². The lowest BCUT2D eigenvalue weighted by molar-refractivity contribution is 0.793. The molecule has 0 fully saturated rings. The Bertz CT molecular complexity index is 2050. The van der Waals surface area contributed by atoms with E-state index in [-0.39, 0.29) is 11.8 Å². The highest BCUT2D eigenvalue weighted by Crippen LogP contribution is 2.42. The van der Waals surface area contributed by atoms with Gasteiger partial charge >= 0.3 is 0 Å². The van der Waals surface area contributed by atoms with Gasteiger partial charge in [-0.05, 0) is 83.4 Å². The van der Waals surface area contributed by atoms with Crippen LogP contribution in [-0.4, -0.2) is 9.97 Å². The Morgan fingerprint density at radius 1 is 0.542 bits per heavy atom. The van der Waals surface area contributed by atoms with Crippen LogP contribution in [0.4, 0.5) is 0 Å². The molecule has 0 radical (unpaired) electrons. The van der Waals surface area contributed by atoms with E-state index in [0.717, 1.165) is 59.6 Å². The van der Waals surface area contributed by atoms with Gasteiger partial charge in [0.2, 0.25) is 0 Å². The molecule has 0 amide bonds. The van der Waals surface area contributed by atoms with E-state index >= 15 is 0 Å². The molecule has 0 bridgehead atoms. The van der Waals surface area contributed by atoms with Crippen molar-refractivity contribution in [2.45, 2.75) is 37.5 Å². The van der Waals surface area contributed by atoms with E-state index < -0.39 is 0 Å². The largest absolute Gasteiger partial charge is 0.253 e. The van der Waals surface area contributed by atoms with Crippen LogP contribution in [-0.2, 0) is 0 Å². The van der Waals surface area contributed by atoms with Gasteiger partial charge in [0.25, 0.3) is 0 Å². The van der Waals surface area contributed by atoms with Crippen LogP contribution in [0.1, 0.15) is 65.6 Å². The number of rotatable bonds is 7. The molecule has 48 heavy (non-hydrogen) atoms. The lowest BCUT2D eigenvalue weighted by Crippen LogP contribution is -2.09. The zero-order chi connectivity index (χ0) is 32.1. The first-order valence-electron chi connectivity index (χ1n) is 17.1. The smallest absolute Gasteiger partial charge is 0.0715 e. The molecule has 3 aliphatic carbocycles. The SMILES string of the molecule is C1=CCCC(c2cc(C3C=C(c4cc(-c5ccccc5)nc(-c5ccccc5)c4)C=C(c4ccccc4)C3)cc(C3C=CC=CC3)n2)=C1. The highest BCUT2D eigenvalue weighted by molar-refractivity contribution is 5.89. The van der Waals surface area contributed by atoms with Crippen LogP contribution < -0.4 is 0 Å². The second-order valence-corrected chi connectivity index (χ2v) is 12.9. The van der Waals surface area contributed by atoms with E-state index in [1.165, 1.54) is 33.4 Å². The third kappa shape index (κ3) is 6.48. The van der Waals surface area contributed by atoms with Gasteiger partial charge in [-0.3, -0.25) is 4.98 Å². The van der Waals surface area contributed by atoms with Crippen molar-refractivity contribution in [1.82, 2.24) is 9.97 Å². The van der Waals surface area contributed by atoms with E-state index in [1.54, 1.807) is 0 Å². The molecular formula is C46H38N2. The zero-order valence-electron chi connectivity index (χ0n) is 27.0. The summed E-state index contributed by atoms with van der Waals surface area (Å²) in [5, 5.41) is 0. The molecule has 0 spiro atoms. The molecule has 0 aliphatic heterocycles. The molecule has 3 aliphatic rings. The molecular weight excluding hydrogens is 581 g/mol. The van der Waals surface area contributed by atoms with Crippen molar-refractivity contribution in [2.75, 3.05) is 0 Å². The average molecular weight is 619 g/mol. The minimum atomic E-state index is 0.192. The van der Waals surface area contributed by atoms with Crippen molar-refractivity contribution in [3.05, 3.63) is 198 Å². The molecule has 2 atom stereocenters. The number of hydrogen-bond acceptors (Lipinski definition) is 2. The fourth-order valence-electron chi connectivity index (χ4n) is 7.02. The molecule has 232 valence electrons. The topological polar surface area (TPSA) is 25.8 Å². The van der Waals surface area contributed by atoms with Gasteiger partial charge < -0.3 is 0 Å². The third-order valence-electron chi connectivity index (χ3n) is 9.59. The second-order valence-electron chi connectivity index (χ2n) is 12.9. The molecule has 0 N–H and O–H groups in total. The summed E-state index contributed by atoms with van der Waals surface area (Å²) < 4.78 is 0. The van der Waals surface area contributed by atoms with Crippen LogP contribution in [0.15, 0.2) is 170 Å². The number of allylic oxidation sites excluding steroid dienone is 12. The van der Waals surface area contributed by atoms with Gasteiger partial charge in [0.1, 0.15) is 0 Å². The molecule has 8 rings (SSSR count). The van der Waals surface area contributed by atoms with E-state index in [1.807, 2.05) is 0 Å². The van der Waals surface area contributed by atoms with Gasteiger partial charge in [-0.1, -0.05) is 146 Å². The maximum atomic E-state index is 5.29. The molecule has 3 aromatic carbocycles. The Balaban J connectivity index is 1.29. The normalized spacial score (nSPS) is 18.6. The molecule has 2 heteroatoms. The highest BCUT2D eigenvalue weighted by Gasteiger charge is 2.23. The minimum absolute atomic E-state index is 0.192. The van der Waals surface area contributed by atoms with Crippen LogP contribution >= 0.6 is 0 Å². The first kappa shape index (κ1) is 29.8. The number of pyridine rings is 2. The third-order valence-corrected chi connectivity index (χ3v) is 9.59. The van der Waals surface area contributed by atoms with Crippen molar-refractivity contribution >= 4 is 16.7 Å². The van der Waals surface area contributed by atoms with Gasteiger partial charge in [0, 0.05) is 28.7 Å². The Kier molecular flexibility index (Phi) is 8.46. The van der Waals surface area contributed by atoms with Crippen molar-refractivity contribution in [3.63, 3.8) is 0 Å². The predicted octanol–water partition coefficient (Wildman–Crippen LogP) is 11.8. The Hall–Kier alpha value is -5.60. The van der Waals surface area contributed by atoms with Crippen LogP contribution in [0.5, 0.6) is 0 Å². The summed E-state index contributed by atoms with van der Waals surface area (Å²) in [5.74, 6) is 0.476. The summed E-state index contributed by atoms with van der Waals surface area (Å²) in [4.78, 5) is 10.5. The Morgan fingerprint density at radius 2 is 1.23 bits per heavy atom. The van der Waals surface area contributed by atoms with Gasteiger partial charge in [0.05, 0.1) is 17.1 Å². The van der Waals surface area contributed by atoms with Crippen LogP contribution in [0, 0.1) is 0 Å².